The number of hydrogen-bond donors (Lipinski definition) is 1. The fraction of sp³-hybridized carbons (Fsp3) is 0.714. The predicted molar refractivity (Wildman–Crippen MR) is 73.2 cm³/mol. The van der Waals surface area contributed by atoms with E-state index in [-0.39, 0.29) is 23.9 Å². The van der Waals surface area contributed by atoms with Crippen molar-refractivity contribution in [1.82, 2.24) is 20.4 Å². The third-order valence-electron chi connectivity index (χ3n) is 4.15. The van der Waals surface area contributed by atoms with Crippen LogP contribution in [0.5, 0.6) is 0 Å². The molecule has 2 heterocycles. The molecule has 2 unspecified atom stereocenters. The van der Waals surface area contributed by atoms with E-state index in [4.69, 9.17) is 4.52 Å². The quantitative estimate of drug-likeness (QED) is 0.850. The minimum absolute atomic E-state index is 0.0316. The van der Waals surface area contributed by atoms with Gasteiger partial charge in [0.1, 0.15) is 12.1 Å². The first-order valence-electron chi connectivity index (χ1n) is 7.50. The lowest BCUT2D eigenvalue weighted by Crippen LogP contribution is -2.64. The molecule has 1 saturated carbocycles. The van der Waals surface area contributed by atoms with E-state index in [9.17, 15) is 9.59 Å². The maximum Gasteiger partial charge on any atom is 0.246 e. The molecule has 21 heavy (non-hydrogen) atoms. The maximum absolute atomic E-state index is 12.6. The smallest absolute Gasteiger partial charge is 0.246 e. The lowest BCUT2D eigenvalue weighted by molar-refractivity contribution is -0.150. The number of hydrogen-bond acceptors (Lipinski definition) is 5. The predicted octanol–water partition coefficient (Wildman–Crippen LogP) is 0.436. The number of aromatic nitrogens is 2. The number of nitrogens with one attached hydrogen (secondary N) is 1. The van der Waals surface area contributed by atoms with Crippen molar-refractivity contribution in [3.8, 4) is 0 Å². The molecule has 1 aromatic rings. The van der Waals surface area contributed by atoms with E-state index in [1.54, 1.807) is 11.8 Å². The standard InChI is InChI=1S/C14H20N4O3/c1-3-10-13(19)16-12(9-4-5-9)14(20)18(10)7-6-11-15-8(2)21-17-11/h9-10,12H,3-7H2,1-2H3,(H,16,19). The fourth-order valence-electron chi connectivity index (χ4n) is 2.87. The van der Waals surface area contributed by atoms with Crippen molar-refractivity contribution >= 4 is 11.8 Å². The van der Waals surface area contributed by atoms with Crippen molar-refractivity contribution in [2.75, 3.05) is 6.54 Å². The maximum atomic E-state index is 12.6. The minimum atomic E-state index is -0.388. The molecule has 0 radical (unpaired) electrons. The van der Waals surface area contributed by atoms with Crippen molar-refractivity contribution in [2.24, 2.45) is 5.92 Å². The highest BCUT2D eigenvalue weighted by Gasteiger charge is 2.46. The van der Waals surface area contributed by atoms with E-state index in [1.807, 2.05) is 6.92 Å². The highest BCUT2D eigenvalue weighted by atomic mass is 16.5. The highest BCUT2D eigenvalue weighted by Crippen LogP contribution is 2.35. The molecule has 2 fully saturated rings. The SMILES string of the molecule is CCC1C(=O)NC(C2CC2)C(=O)N1CCc1noc(C)n1. The summed E-state index contributed by atoms with van der Waals surface area (Å²) in [6, 6.07) is -0.729. The molecule has 1 N–H and O–H groups in total. The minimum Gasteiger partial charge on any atom is -0.342 e. The number of piperazine rings is 1. The van der Waals surface area contributed by atoms with E-state index >= 15 is 0 Å². The molecule has 3 rings (SSSR count). The van der Waals surface area contributed by atoms with Crippen LogP contribution in [-0.4, -0.2) is 45.5 Å². The summed E-state index contributed by atoms with van der Waals surface area (Å²) in [5.41, 5.74) is 0. The first-order chi connectivity index (χ1) is 10.1. The summed E-state index contributed by atoms with van der Waals surface area (Å²) in [7, 11) is 0. The Labute approximate surface area is 123 Å². The van der Waals surface area contributed by atoms with Gasteiger partial charge in [0.25, 0.3) is 0 Å². The molecule has 2 aliphatic rings. The van der Waals surface area contributed by atoms with Crippen LogP contribution in [0.4, 0.5) is 0 Å². The first kappa shape index (κ1) is 14.0. The Hall–Kier alpha value is -1.92. The lowest BCUT2D eigenvalue weighted by Gasteiger charge is -2.38. The first-order valence-corrected chi connectivity index (χ1v) is 7.50. The monoisotopic (exact) mass is 292 g/mol. The van der Waals surface area contributed by atoms with Gasteiger partial charge >= 0.3 is 0 Å². The number of rotatable bonds is 5. The van der Waals surface area contributed by atoms with Gasteiger partial charge in [-0.05, 0) is 25.2 Å². The molecule has 0 aromatic carbocycles. The number of nitrogens with zero attached hydrogens (tertiary/aromatic N) is 3. The summed E-state index contributed by atoms with van der Waals surface area (Å²) in [5, 5.41) is 6.72. The average molecular weight is 292 g/mol. The van der Waals surface area contributed by atoms with E-state index in [2.05, 4.69) is 15.5 Å². The van der Waals surface area contributed by atoms with Gasteiger partial charge in [-0.25, -0.2) is 0 Å². The Bertz CT molecular complexity index is 552. The number of carbonyl (C=O) groups is 2. The van der Waals surface area contributed by atoms with Crippen LogP contribution < -0.4 is 5.32 Å². The molecule has 1 aliphatic carbocycles. The Kier molecular flexibility index (Phi) is 3.65. The summed E-state index contributed by atoms with van der Waals surface area (Å²) in [6.45, 7) is 4.10. The van der Waals surface area contributed by atoms with Crippen LogP contribution in [0.3, 0.4) is 0 Å². The molecule has 1 saturated heterocycles. The Morgan fingerprint density at radius 2 is 2.14 bits per heavy atom. The summed E-state index contributed by atoms with van der Waals surface area (Å²) >= 11 is 0. The largest absolute Gasteiger partial charge is 0.342 e. The Morgan fingerprint density at radius 1 is 1.38 bits per heavy atom. The van der Waals surface area contributed by atoms with Gasteiger partial charge in [0.05, 0.1) is 0 Å². The third kappa shape index (κ3) is 2.77. The second kappa shape index (κ2) is 5.46. The van der Waals surface area contributed by atoms with Gasteiger partial charge in [-0.3, -0.25) is 9.59 Å². The van der Waals surface area contributed by atoms with Crippen molar-refractivity contribution < 1.29 is 14.1 Å². The van der Waals surface area contributed by atoms with Crippen LogP contribution in [0.1, 0.15) is 37.9 Å². The Morgan fingerprint density at radius 3 is 2.71 bits per heavy atom. The molecule has 7 heteroatoms. The van der Waals surface area contributed by atoms with Crippen LogP contribution in [0.15, 0.2) is 4.52 Å². The molecule has 1 aromatic heterocycles. The van der Waals surface area contributed by atoms with E-state index < -0.39 is 0 Å². The van der Waals surface area contributed by atoms with E-state index in [1.165, 1.54) is 0 Å². The fourth-order valence-corrected chi connectivity index (χ4v) is 2.87. The van der Waals surface area contributed by atoms with Crippen LogP contribution in [0.25, 0.3) is 0 Å². The zero-order valence-electron chi connectivity index (χ0n) is 12.3. The zero-order valence-corrected chi connectivity index (χ0v) is 12.3. The van der Waals surface area contributed by atoms with Crippen molar-refractivity contribution in [2.45, 2.75) is 51.6 Å². The highest BCUT2D eigenvalue weighted by molar-refractivity contribution is 5.97. The molecule has 0 bridgehead atoms. The molecule has 0 spiro atoms. The lowest BCUT2D eigenvalue weighted by atomic mass is 10.0. The molecule has 1 aliphatic heterocycles. The van der Waals surface area contributed by atoms with Crippen LogP contribution in [0.2, 0.25) is 0 Å². The summed E-state index contributed by atoms with van der Waals surface area (Å²) in [5.74, 6) is 1.39. The summed E-state index contributed by atoms with van der Waals surface area (Å²) in [6.07, 6.45) is 3.15. The van der Waals surface area contributed by atoms with Crippen molar-refractivity contribution in [3.05, 3.63) is 11.7 Å². The molecular formula is C14H20N4O3. The topological polar surface area (TPSA) is 88.3 Å². The zero-order chi connectivity index (χ0) is 15.0. The third-order valence-corrected chi connectivity index (χ3v) is 4.15. The second-order valence-corrected chi connectivity index (χ2v) is 5.76. The molecular weight excluding hydrogens is 272 g/mol. The normalized spacial score (nSPS) is 26.1. The van der Waals surface area contributed by atoms with Crippen molar-refractivity contribution in [1.29, 1.82) is 0 Å². The molecule has 2 atom stereocenters. The van der Waals surface area contributed by atoms with Gasteiger partial charge in [0.2, 0.25) is 17.7 Å². The van der Waals surface area contributed by atoms with Gasteiger partial charge in [0.15, 0.2) is 5.82 Å². The van der Waals surface area contributed by atoms with Gasteiger partial charge in [-0.15, -0.1) is 0 Å². The molecule has 2 amide bonds. The summed E-state index contributed by atoms with van der Waals surface area (Å²) < 4.78 is 4.93. The van der Waals surface area contributed by atoms with Gasteiger partial charge in [-0.2, -0.15) is 4.98 Å². The number of amides is 2. The van der Waals surface area contributed by atoms with Gasteiger partial charge < -0.3 is 14.7 Å². The summed E-state index contributed by atoms with van der Waals surface area (Å²) in [4.78, 5) is 30.6. The Balaban J connectivity index is 1.71. The van der Waals surface area contributed by atoms with Crippen LogP contribution >= 0.6 is 0 Å². The van der Waals surface area contributed by atoms with Crippen molar-refractivity contribution in [3.63, 3.8) is 0 Å². The van der Waals surface area contributed by atoms with Gasteiger partial charge in [0, 0.05) is 19.9 Å². The number of carbonyl (C=O) groups excluding carboxylic acids is 2. The second-order valence-electron chi connectivity index (χ2n) is 5.76. The molecule has 114 valence electrons. The van der Waals surface area contributed by atoms with Gasteiger partial charge in [-0.1, -0.05) is 12.1 Å². The van der Waals surface area contributed by atoms with Crippen LogP contribution in [0, 0.1) is 12.8 Å². The number of aryl methyl sites for hydroxylation is 1. The average Bonchev–Trinajstić information content (AvgIpc) is 3.22. The van der Waals surface area contributed by atoms with Crippen LogP contribution in [-0.2, 0) is 16.0 Å². The van der Waals surface area contributed by atoms with E-state index in [0.717, 1.165) is 12.8 Å². The molecule has 7 nitrogen and oxygen atoms in total. The van der Waals surface area contributed by atoms with E-state index in [0.29, 0.717) is 37.0 Å².